The summed E-state index contributed by atoms with van der Waals surface area (Å²) in [6, 6.07) is 5.87. The van der Waals surface area contributed by atoms with Gasteiger partial charge in [0.15, 0.2) is 0 Å². The molecule has 2 heterocycles. The van der Waals surface area contributed by atoms with E-state index in [1.165, 1.54) is 5.56 Å². The molecule has 1 N–H and O–H groups in total. The highest BCUT2D eigenvalue weighted by Gasteiger charge is 1.99. The van der Waals surface area contributed by atoms with Crippen LogP contribution in [0.4, 0.5) is 0 Å². The van der Waals surface area contributed by atoms with Crippen molar-refractivity contribution in [2.75, 3.05) is 0 Å². The van der Waals surface area contributed by atoms with E-state index in [-0.39, 0.29) is 0 Å². The average molecular weight is 231 g/mol. The van der Waals surface area contributed by atoms with Crippen LogP contribution in [-0.4, -0.2) is 15.0 Å². The summed E-state index contributed by atoms with van der Waals surface area (Å²) >= 11 is 5.13. The van der Waals surface area contributed by atoms with Crippen molar-refractivity contribution in [1.82, 2.24) is 15.0 Å². The monoisotopic (exact) mass is 231 g/mol. The van der Waals surface area contributed by atoms with Gasteiger partial charge in [-0.25, -0.2) is 4.98 Å². The molecule has 2 rings (SSSR count). The second-order valence-electron chi connectivity index (χ2n) is 3.58. The zero-order valence-corrected chi connectivity index (χ0v) is 9.92. The first-order valence-electron chi connectivity index (χ1n) is 5.26. The topological polar surface area (TPSA) is 41.6 Å². The molecule has 0 saturated heterocycles. The third kappa shape index (κ3) is 2.73. The van der Waals surface area contributed by atoms with Crippen molar-refractivity contribution in [3.05, 3.63) is 52.3 Å². The third-order valence-electron chi connectivity index (χ3n) is 2.35. The van der Waals surface area contributed by atoms with Crippen molar-refractivity contribution in [3.8, 4) is 0 Å². The standard InChI is InChI=1S/C12H13N3S/c1-2-10-8-12(16)15-11(14-10)7-9-3-5-13-6-4-9/h3-6,8H,2,7H2,1H3,(H,14,15,16). The second-order valence-corrected chi connectivity index (χ2v) is 4.00. The minimum Gasteiger partial charge on any atom is -0.347 e. The summed E-state index contributed by atoms with van der Waals surface area (Å²) in [5.74, 6) is 0.913. The largest absolute Gasteiger partial charge is 0.347 e. The van der Waals surface area contributed by atoms with Gasteiger partial charge in [0, 0.05) is 24.5 Å². The lowest BCUT2D eigenvalue weighted by Crippen LogP contribution is -2.00. The van der Waals surface area contributed by atoms with Crippen molar-refractivity contribution in [3.63, 3.8) is 0 Å². The highest BCUT2D eigenvalue weighted by atomic mass is 32.1. The second kappa shape index (κ2) is 4.99. The molecule has 0 aliphatic carbocycles. The zero-order chi connectivity index (χ0) is 11.4. The average Bonchev–Trinajstić information content (AvgIpc) is 2.29. The van der Waals surface area contributed by atoms with Crippen molar-refractivity contribution in [2.24, 2.45) is 0 Å². The number of H-pyrrole nitrogens is 1. The Morgan fingerprint density at radius 2 is 2.06 bits per heavy atom. The summed E-state index contributed by atoms with van der Waals surface area (Å²) in [6.45, 7) is 2.09. The Morgan fingerprint density at radius 1 is 1.31 bits per heavy atom. The smallest absolute Gasteiger partial charge is 0.130 e. The highest BCUT2D eigenvalue weighted by Crippen LogP contribution is 2.05. The maximum absolute atomic E-state index is 5.13. The van der Waals surface area contributed by atoms with Gasteiger partial charge in [0.25, 0.3) is 0 Å². The van der Waals surface area contributed by atoms with Crippen LogP contribution < -0.4 is 0 Å². The van der Waals surface area contributed by atoms with Crippen LogP contribution in [0.2, 0.25) is 0 Å². The number of nitrogens with zero attached hydrogens (tertiary/aromatic N) is 2. The molecule has 0 saturated carbocycles. The van der Waals surface area contributed by atoms with Gasteiger partial charge in [-0.05, 0) is 30.2 Å². The number of pyridine rings is 1. The normalized spacial score (nSPS) is 10.3. The van der Waals surface area contributed by atoms with Crippen LogP contribution in [0.1, 0.15) is 24.0 Å². The lowest BCUT2D eigenvalue weighted by atomic mass is 10.2. The number of aryl methyl sites for hydroxylation is 1. The van der Waals surface area contributed by atoms with Gasteiger partial charge in [-0.1, -0.05) is 19.1 Å². The number of aromatic nitrogens is 3. The molecule has 16 heavy (non-hydrogen) atoms. The highest BCUT2D eigenvalue weighted by molar-refractivity contribution is 7.71. The molecule has 0 fully saturated rings. The van der Waals surface area contributed by atoms with E-state index in [9.17, 15) is 0 Å². The SMILES string of the molecule is CCc1cc(=S)nc(Cc2ccncc2)[nH]1. The predicted octanol–water partition coefficient (Wildman–Crippen LogP) is 2.69. The quantitative estimate of drug-likeness (QED) is 0.826. The molecule has 0 atom stereocenters. The van der Waals surface area contributed by atoms with Crippen LogP contribution in [0, 0.1) is 4.64 Å². The van der Waals surface area contributed by atoms with Crippen molar-refractivity contribution in [1.29, 1.82) is 0 Å². The maximum Gasteiger partial charge on any atom is 0.130 e. The fourth-order valence-corrected chi connectivity index (χ4v) is 1.78. The van der Waals surface area contributed by atoms with E-state index < -0.39 is 0 Å². The Morgan fingerprint density at radius 3 is 2.75 bits per heavy atom. The number of rotatable bonds is 3. The fourth-order valence-electron chi connectivity index (χ4n) is 1.53. The molecule has 0 unspecified atom stereocenters. The van der Waals surface area contributed by atoms with E-state index in [4.69, 9.17) is 12.2 Å². The zero-order valence-electron chi connectivity index (χ0n) is 9.10. The first kappa shape index (κ1) is 11.0. The maximum atomic E-state index is 5.13. The number of nitrogens with one attached hydrogen (secondary N) is 1. The Kier molecular flexibility index (Phi) is 3.41. The molecule has 0 radical (unpaired) electrons. The Bertz CT molecular complexity index is 519. The molecular formula is C12H13N3S. The number of hydrogen-bond acceptors (Lipinski definition) is 3. The van der Waals surface area contributed by atoms with Crippen molar-refractivity contribution >= 4 is 12.2 Å². The van der Waals surface area contributed by atoms with E-state index in [1.54, 1.807) is 12.4 Å². The molecular weight excluding hydrogens is 218 g/mol. The van der Waals surface area contributed by atoms with Gasteiger partial charge in [-0.3, -0.25) is 4.98 Å². The van der Waals surface area contributed by atoms with Crippen molar-refractivity contribution < 1.29 is 0 Å². The third-order valence-corrected chi connectivity index (χ3v) is 2.56. The molecule has 0 spiro atoms. The minimum atomic E-state index is 0.652. The Hall–Kier alpha value is -1.55. The fraction of sp³-hybridized carbons (Fsp3) is 0.250. The molecule has 0 aliphatic heterocycles. The molecule has 0 bridgehead atoms. The van der Waals surface area contributed by atoms with E-state index in [0.29, 0.717) is 4.64 Å². The molecule has 0 aromatic carbocycles. The van der Waals surface area contributed by atoms with Crippen LogP contribution in [0.5, 0.6) is 0 Å². The van der Waals surface area contributed by atoms with Crippen molar-refractivity contribution in [2.45, 2.75) is 19.8 Å². The van der Waals surface area contributed by atoms with Crippen LogP contribution >= 0.6 is 12.2 Å². The first-order chi connectivity index (χ1) is 7.78. The van der Waals surface area contributed by atoms with Crippen LogP contribution in [0.15, 0.2) is 30.6 Å². The summed E-state index contributed by atoms with van der Waals surface area (Å²) in [4.78, 5) is 11.6. The first-order valence-corrected chi connectivity index (χ1v) is 5.67. The van der Waals surface area contributed by atoms with Gasteiger partial charge in [0.1, 0.15) is 10.5 Å². The Balaban J connectivity index is 2.28. The van der Waals surface area contributed by atoms with Gasteiger partial charge in [0.2, 0.25) is 0 Å². The summed E-state index contributed by atoms with van der Waals surface area (Å²) in [5, 5.41) is 0. The van der Waals surface area contributed by atoms with Gasteiger partial charge in [0.05, 0.1) is 0 Å². The molecule has 82 valence electrons. The summed E-state index contributed by atoms with van der Waals surface area (Å²) in [6.07, 6.45) is 5.27. The summed E-state index contributed by atoms with van der Waals surface area (Å²) in [7, 11) is 0. The van der Waals surface area contributed by atoms with E-state index in [2.05, 4.69) is 21.9 Å². The van der Waals surface area contributed by atoms with Crippen LogP contribution in [-0.2, 0) is 12.8 Å². The van der Waals surface area contributed by atoms with Gasteiger partial charge >= 0.3 is 0 Å². The van der Waals surface area contributed by atoms with Gasteiger partial charge in [-0.15, -0.1) is 0 Å². The van der Waals surface area contributed by atoms with Crippen LogP contribution in [0.25, 0.3) is 0 Å². The summed E-state index contributed by atoms with van der Waals surface area (Å²) < 4.78 is 0.652. The molecule has 2 aromatic rings. The molecule has 0 amide bonds. The van der Waals surface area contributed by atoms with E-state index in [1.807, 2.05) is 18.2 Å². The predicted molar refractivity (Wildman–Crippen MR) is 65.8 cm³/mol. The van der Waals surface area contributed by atoms with Crippen LogP contribution in [0.3, 0.4) is 0 Å². The minimum absolute atomic E-state index is 0.652. The van der Waals surface area contributed by atoms with E-state index in [0.717, 1.165) is 24.4 Å². The lowest BCUT2D eigenvalue weighted by Gasteiger charge is -2.04. The molecule has 3 nitrogen and oxygen atoms in total. The van der Waals surface area contributed by atoms with Gasteiger partial charge < -0.3 is 4.98 Å². The molecule has 0 aliphatic rings. The van der Waals surface area contributed by atoms with E-state index >= 15 is 0 Å². The lowest BCUT2D eigenvalue weighted by molar-refractivity contribution is 0.898. The number of hydrogen-bond donors (Lipinski definition) is 1. The Labute approximate surface area is 99.6 Å². The molecule has 4 heteroatoms. The number of aromatic amines is 1. The molecule has 2 aromatic heterocycles. The van der Waals surface area contributed by atoms with Gasteiger partial charge in [-0.2, -0.15) is 0 Å². The summed E-state index contributed by atoms with van der Waals surface area (Å²) in [5.41, 5.74) is 2.31.